The number of carbonyl (C=O) groups is 2. The summed E-state index contributed by atoms with van der Waals surface area (Å²) in [5.41, 5.74) is 0.956. The Morgan fingerprint density at radius 2 is 1.57 bits per heavy atom. The molecule has 0 spiro atoms. The maximum Gasteiger partial charge on any atom is 0.513 e. The molecule has 0 saturated heterocycles. The molecule has 9 heteroatoms. The van der Waals surface area contributed by atoms with E-state index in [-0.39, 0.29) is 24.1 Å². The van der Waals surface area contributed by atoms with Crippen molar-refractivity contribution < 1.29 is 42.7 Å². The lowest BCUT2D eigenvalue weighted by molar-refractivity contribution is 0.0862. The molecule has 9 nitrogen and oxygen atoms in total. The smallest absolute Gasteiger partial charge is 0.501 e. The van der Waals surface area contributed by atoms with Crippen LogP contribution in [-0.4, -0.2) is 54.1 Å². The first-order chi connectivity index (χ1) is 17.9. The molecule has 0 saturated carbocycles. The van der Waals surface area contributed by atoms with Crippen molar-refractivity contribution in [3.8, 4) is 28.7 Å². The molecule has 0 heterocycles. The molecule has 0 bridgehead atoms. The number of benzene rings is 2. The summed E-state index contributed by atoms with van der Waals surface area (Å²) in [5, 5.41) is 0. The van der Waals surface area contributed by atoms with Gasteiger partial charge in [-0.2, -0.15) is 0 Å². The highest BCUT2D eigenvalue weighted by Gasteiger charge is 2.18. The molecule has 2 aromatic rings. The zero-order valence-corrected chi connectivity index (χ0v) is 21.4. The standard InChI is InChI=1S/C28H30O9/c1-31-21-8-6-7-19(13-21)17-36-28(30)37-24-14-18(10-12-23(24)32-2)9-11-22(29)20-15-25(33-3)27(35-5)26(16-20)34-4/h6-12,14-16,19H,13,17H2,1-5H3/b11-9+. The molecule has 2 aromatic carbocycles. The number of ketones is 1. The topological polar surface area (TPSA) is 98.8 Å². The van der Waals surface area contributed by atoms with E-state index in [1.165, 1.54) is 34.5 Å². The second kappa shape index (κ2) is 13.1. The van der Waals surface area contributed by atoms with Crippen LogP contribution < -0.4 is 23.7 Å². The predicted octanol–water partition coefficient (Wildman–Crippen LogP) is 5.24. The van der Waals surface area contributed by atoms with Gasteiger partial charge in [-0.1, -0.05) is 24.3 Å². The van der Waals surface area contributed by atoms with Crippen LogP contribution in [0.25, 0.3) is 6.08 Å². The number of hydrogen-bond acceptors (Lipinski definition) is 9. The Morgan fingerprint density at radius 1 is 0.865 bits per heavy atom. The average molecular weight is 511 g/mol. The third-order valence-corrected chi connectivity index (χ3v) is 5.56. The van der Waals surface area contributed by atoms with Crippen molar-refractivity contribution >= 4 is 18.0 Å². The SMILES string of the molecule is COC1=CC=CC(COC(=O)Oc2cc(/C=C/C(=O)c3cc(OC)c(OC)c(OC)c3)ccc2OC)C1. The molecule has 1 unspecified atom stereocenters. The highest BCUT2D eigenvalue weighted by Crippen LogP contribution is 2.38. The molecule has 0 aliphatic heterocycles. The quantitative estimate of drug-likeness (QED) is 0.174. The van der Waals surface area contributed by atoms with Gasteiger partial charge in [0.1, 0.15) is 6.61 Å². The molecular weight excluding hydrogens is 480 g/mol. The molecule has 0 radical (unpaired) electrons. The number of carbonyl (C=O) groups excluding carboxylic acids is 2. The van der Waals surface area contributed by atoms with Gasteiger partial charge in [-0.05, 0) is 42.0 Å². The van der Waals surface area contributed by atoms with Crippen LogP contribution in [0.1, 0.15) is 22.3 Å². The first-order valence-electron chi connectivity index (χ1n) is 11.4. The molecule has 37 heavy (non-hydrogen) atoms. The Hall–Kier alpha value is -4.40. The first kappa shape index (κ1) is 27.2. The summed E-state index contributed by atoms with van der Waals surface area (Å²) in [7, 11) is 7.50. The molecule has 1 atom stereocenters. The van der Waals surface area contributed by atoms with Crippen molar-refractivity contribution in [2.75, 3.05) is 42.2 Å². The van der Waals surface area contributed by atoms with Gasteiger partial charge in [0.2, 0.25) is 5.75 Å². The zero-order valence-electron chi connectivity index (χ0n) is 21.4. The Labute approximate surface area is 215 Å². The van der Waals surface area contributed by atoms with Gasteiger partial charge in [0.15, 0.2) is 28.8 Å². The van der Waals surface area contributed by atoms with Gasteiger partial charge in [-0.3, -0.25) is 4.79 Å². The summed E-state index contributed by atoms with van der Waals surface area (Å²) >= 11 is 0. The number of ether oxygens (including phenoxy) is 7. The Balaban J connectivity index is 1.70. The number of rotatable bonds is 11. The Kier molecular flexibility index (Phi) is 9.60. The second-order valence-electron chi connectivity index (χ2n) is 7.87. The predicted molar refractivity (Wildman–Crippen MR) is 137 cm³/mol. The highest BCUT2D eigenvalue weighted by atomic mass is 16.7. The summed E-state index contributed by atoms with van der Waals surface area (Å²) < 4.78 is 37.1. The first-order valence-corrected chi connectivity index (χ1v) is 11.4. The summed E-state index contributed by atoms with van der Waals surface area (Å²) in [4.78, 5) is 25.2. The lowest BCUT2D eigenvalue weighted by Crippen LogP contribution is -2.18. The lowest BCUT2D eigenvalue weighted by Gasteiger charge is -2.17. The minimum Gasteiger partial charge on any atom is -0.501 e. The maximum atomic E-state index is 12.8. The third-order valence-electron chi connectivity index (χ3n) is 5.56. The number of allylic oxidation sites excluding steroid dienone is 4. The van der Waals surface area contributed by atoms with Crippen molar-refractivity contribution in [1.29, 1.82) is 0 Å². The largest absolute Gasteiger partial charge is 0.513 e. The maximum absolute atomic E-state index is 12.8. The summed E-state index contributed by atoms with van der Waals surface area (Å²) in [6, 6.07) is 8.07. The molecule has 0 fully saturated rings. The number of hydrogen-bond donors (Lipinski definition) is 0. The van der Waals surface area contributed by atoms with E-state index in [1.807, 2.05) is 18.2 Å². The molecule has 0 amide bonds. The van der Waals surface area contributed by atoms with Crippen LogP contribution in [0.15, 0.2) is 60.4 Å². The van der Waals surface area contributed by atoms with Gasteiger partial charge in [0.25, 0.3) is 0 Å². The minimum atomic E-state index is -0.866. The van der Waals surface area contributed by atoms with Crippen LogP contribution in [0.3, 0.4) is 0 Å². The molecule has 1 aliphatic carbocycles. The van der Waals surface area contributed by atoms with E-state index in [9.17, 15) is 9.59 Å². The van der Waals surface area contributed by atoms with Crippen molar-refractivity contribution in [2.24, 2.45) is 5.92 Å². The van der Waals surface area contributed by atoms with Crippen molar-refractivity contribution in [2.45, 2.75) is 6.42 Å². The second-order valence-corrected chi connectivity index (χ2v) is 7.87. The van der Waals surface area contributed by atoms with Crippen LogP contribution in [0.2, 0.25) is 0 Å². The van der Waals surface area contributed by atoms with E-state index < -0.39 is 6.16 Å². The molecule has 0 aromatic heterocycles. The van der Waals surface area contributed by atoms with Gasteiger partial charge in [0.05, 0.1) is 41.3 Å². The molecule has 196 valence electrons. The third kappa shape index (κ3) is 7.07. The van der Waals surface area contributed by atoms with Crippen LogP contribution in [0.4, 0.5) is 4.79 Å². The van der Waals surface area contributed by atoms with Crippen molar-refractivity contribution in [1.82, 2.24) is 0 Å². The average Bonchev–Trinajstić information content (AvgIpc) is 2.94. The van der Waals surface area contributed by atoms with Crippen molar-refractivity contribution in [3.05, 3.63) is 71.5 Å². The van der Waals surface area contributed by atoms with E-state index >= 15 is 0 Å². The Bertz CT molecular complexity index is 1190. The highest BCUT2D eigenvalue weighted by molar-refractivity contribution is 6.07. The zero-order chi connectivity index (χ0) is 26.8. The fraction of sp³-hybridized carbons (Fsp3) is 0.286. The van der Waals surface area contributed by atoms with Crippen molar-refractivity contribution in [3.63, 3.8) is 0 Å². The van der Waals surface area contributed by atoms with Crippen LogP contribution >= 0.6 is 0 Å². The van der Waals surface area contributed by atoms with E-state index in [1.54, 1.807) is 43.5 Å². The van der Waals surface area contributed by atoms with E-state index in [0.29, 0.717) is 40.5 Å². The Morgan fingerprint density at radius 3 is 2.19 bits per heavy atom. The molecule has 1 aliphatic rings. The van der Waals surface area contributed by atoms with Gasteiger partial charge in [-0.25, -0.2) is 4.79 Å². The fourth-order valence-electron chi connectivity index (χ4n) is 3.64. The van der Waals surface area contributed by atoms with Gasteiger partial charge in [-0.15, -0.1) is 0 Å². The van der Waals surface area contributed by atoms with Gasteiger partial charge in [0, 0.05) is 17.9 Å². The van der Waals surface area contributed by atoms with E-state index in [2.05, 4.69) is 0 Å². The van der Waals surface area contributed by atoms with Gasteiger partial charge >= 0.3 is 6.16 Å². The molecular formula is C28H30O9. The normalized spacial score (nSPS) is 14.5. The van der Waals surface area contributed by atoms with Gasteiger partial charge < -0.3 is 33.2 Å². The monoisotopic (exact) mass is 510 g/mol. The van der Waals surface area contributed by atoms with E-state index in [4.69, 9.17) is 33.2 Å². The lowest BCUT2D eigenvalue weighted by atomic mass is 10.0. The van der Waals surface area contributed by atoms with Crippen LogP contribution in [-0.2, 0) is 9.47 Å². The molecule has 3 rings (SSSR count). The van der Waals surface area contributed by atoms with Crippen LogP contribution in [0, 0.1) is 5.92 Å². The fourth-order valence-corrected chi connectivity index (χ4v) is 3.64. The summed E-state index contributed by atoms with van der Waals surface area (Å²) in [5.74, 6) is 2.15. The van der Waals surface area contributed by atoms with E-state index in [0.717, 1.165) is 5.76 Å². The minimum absolute atomic E-state index is 0.00937. The summed E-state index contributed by atoms with van der Waals surface area (Å²) in [6.07, 6.45) is 8.41. The van der Waals surface area contributed by atoms with Crippen LogP contribution in [0.5, 0.6) is 28.7 Å². The summed E-state index contributed by atoms with van der Waals surface area (Å²) in [6.45, 7) is 0.140. The molecule has 0 N–H and O–H groups in total. The number of methoxy groups -OCH3 is 5.